The van der Waals surface area contributed by atoms with E-state index >= 15 is 0 Å². The number of benzene rings is 3. The van der Waals surface area contributed by atoms with E-state index in [2.05, 4.69) is 20.3 Å². The minimum absolute atomic E-state index is 0.205. The number of rotatable bonds is 7. The van der Waals surface area contributed by atoms with Gasteiger partial charge in [0.05, 0.1) is 22.9 Å². The molecular formula is C27H23N5O2S. The van der Waals surface area contributed by atoms with Crippen molar-refractivity contribution in [2.75, 3.05) is 6.61 Å². The molecule has 2 aromatic heterocycles. The maximum atomic E-state index is 13.6. The molecule has 1 N–H and O–H groups in total. The van der Waals surface area contributed by atoms with Gasteiger partial charge in [-0.25, -0.2) is 4.98 Å². The minimum atomic E-state index is -0.324. The fourth-order valence-corrected chi connectivity index (χ4v) is 4.75. The number of aromatic amines is 1. The third-order valence-electron chi connectivity index (χ3n) is 5.36. The normalized spacial score (nSPS) is 11.3. The highest BCUT2D eigenvalue weighted by molar-refractivity contribution is 7.17. The molecule has 0 aliphatic heterocycles. The molecule has 0 amide bonds. The van der Waals surface area contributed by atoms with Crippen molar-refractivity contribution in [3.63, 3.8) is 0 Å². The average molecular weight is 482 g/mol. The van der Waals surface area contributed by atoms with E-state index in [-0.39, 0.29) is 11.2 Å². The van der Waals surface area contributed by atoms with E-state index in [4.69, 9.17) is 4.74 Å². The third-order valence-corrected chi connectivity index (χ3v) is 6.56. The molecule has 0 atom stereocenters. The lowest BCUT2D eigenvalue weighted by molar-refractivity contribution is 0.341. The lowest BCUT2D eigenvalue weighted by atomic mass is 10.1. The van der Waals surface area contributed by atoms with Crippen molar-refractivity contribution in [2.45, 2.75) is 13.8 Å². The van der Waals surface area contributed by atoms with Gasteiger partial charge in [0.1, 0.15) is 11.4 Å². The second kappa shape index (κ2) is 9.90. The first-order chi connectivity index (χ1) is 17.2. The summed E-state index contributed by atoms with van der Waals surface area (Å²) >= 11 is 1.45. The van der Waals surface area contributed by atoms with Crippen LogP contribution >= 0.6 is 11.3 Å². The van der Waals surface area contributed by atoms with Gasteiger partial charge in [0.25, 0.3) is 0 Å². The number of aryl methyl sites for hydroxylation is 1. The molecule has 0 fully saturated rings. The summed E-state index contributed by atoms with van der Waals surface area (Å²) < 4.78 is 7.09. The molecule has 2 heterocycles. The van der Waals surface area contributed by atoms with E-state index in [1.807, 2.05) is 92.7 Å². The highest BCUT2D eigenvalue weighted by atomic mass is 32.1. The van der Waals surface area contributed by atoms with Gasteiger partial charge in [-0.3, -0.25) is 9.89 Å². The van der Waals surface area contributed by atoms with Gasteiger partial charge in [-0.05, 0) is 31.5 Å². The lowest BCUT2D eigenvalue weighted by Gasteiger charge is -2.04. The fraction of sp³-hybridized carbons (Fsp3) is 0.111. The molecule has 5 aromatic rings. The van der Waals surface area contributed by atoms with Crippen molar-refractivity contribution in [1.82, 2.24) is 14.8 Å². The number of para-hydroxylation sites is 1. The summed E-state index contributed by atoms with van der Waals surface area (Å²) in [5, 5.41) is 12.5. The van der Waals surface area contributed by atoms with Gasteiger partial charge in [0.2, 0.25) is 5.13 Å². The largest absolute Gasteiger partial charge is 0.492 e. The Hall–Kier alpha value is -4.30. The Labute approximate surface area is 206 Å². The quantitative estimate of drug-likeness (QED) is 0.252. The molecule has 0 saturated heterocycles. The molecule has 5 rings (SSSR count). The van der Waals surface area contributed by atoms with Crippen LogP contribution in [-0.4, -0.2) is 21.4 Å². The standard InChI is InChI=1S/C27H23N5O2S/c1-3-34-22-17-11-10-16-21(22)29-30-24-23(19-12-6-4-7-13-19)31-32(26(24)33)27-28-18(2)25(35-27)20-14-8-5-9-15-20/h4-17,31H,3H2,1-2H3. The zero-order chi connectivity index (χ0) is 24.2. The van der Waals surface area contributed by atoms with Crippen LogP contribution in [0.15, 0.2) is 100.0 Å². The number of hydrogen-bond donors (Lipinski definition) is 1. The summed E-state index contributed by atoms with van der Waals surface area (Å²) in [5.41, 5.74) is 3.75. The lowest BCUT2D eigenvalue weighted by Crippen LogP contribution is -2.13. The monoisotopic (exact) mass is 481 g/mol. The second-order valence-electron chi connectivity index (χ2n) is 7.72. The number of aromatic nitrogens is 3. The van der Waals surface area contributed by atoms with Crippen molar-refractivity contribution >= 4 is 22.7 Å². The molecule has 0 unspecified atom stereocenters. The van der Waals surface area contributed by atoms with Gasteiger partial charge in [0, 0.05) is 5.56 Å². The van der Waals surface area contributed by atoms with Gasteiger partial charge in [-0.2, -0.15) is 4.68 Å². The van der Waals surface area contributed by atoms with Crippen LogP contribution in [-0.2, 0) is 0 Å². The van der Waals surface area contributed by atoms with E-state index < -0.39 is 0 Å². The first-order valence-corrected chi connectivity index (χ1v) is 12.0. The molecular weight excluding hydrogens is 458 g/mol. The van der Waals surface area contributed by atoms with Gasteiger partial charge in [-0.15, -0.1) is 10.2 Å². The first kappa shape index (κ1) is 22.5. The number of hydrogen-bond acceptors (Lipinski definition) is 6. The van der Waals surface area contributed by atoms with Crippen molar-refractivity contribution in [3.8, 4) is 32.6 Å². The number of thiazole rings is 1. The van der Waals surface area contributed by atoms with Crippen molar-refractivity contribution in [2.24, 2.45) is 10.2 Å². The summed E-state index contributed by atoms with van der Waals surface area (Å²) in [6.07, 6.45) is 0. The molecule has 3 aromatic carbocycles. The van der Waals surface area contributed by atoms with Gasteiger partial charge < -0.3 is 4.74 Å². The van der Waals surface area contributed by atoms with Crippen LogP contribution in [0.5, 0.6) is 5.75 Å². The molecule has 0 spiro atoms. The Morgan fingerprint density at radius 2 is 1.57 bits per heavy atom. The number of H-pyrrole nitrogens is 1. The SMILES string of the molecule is CCOc1ccccc1N=Nc1c(-c2ccccc2)[nH]n(-c2nc(C)c(-c3ccccc3)s2)c1=O. The maximum absolute atomic E-state index is 13.6. The van der Waals surface area contributed by atoms with Crippen LogP contribution < -0.4 is 10.3 Å². The molecule has 0 radical (unpaired) electrons. The Balaban J connectivity index is 1.63. The van der Waals surface area contributed by atoms with Crippen molar-refractivity contribution in [1.29, 1.82) is 0 Å². The summed E-state index contributed by atoms with van der Waals surface area (Å²) in [5.74, 6) is 0.610. The number of nitrogens with one attached hydrogen (secondary N) is 1. The molecule has 0 aliphatic carbocycles. The maximum Gasteiger partial charge on any atom is 0.301 e. The van der Waals surface area contributed by atoms with Crippen LogP contribution in [0, 0.1) is 6.92 Å². The summed E-state index contributed by atoms with van der Waals surface area (Å²) in [4.78, 5) is 19.3. The van der Waals surface area contributed by atoms with E-state index in [1.165, 1.54) is 16.0 Å². The highest BCUT2D eigenvalue weighted by Gasteiger charge is 2.20. The van der Waals surface area contributed by atoms with Crippen molar-refractivity contribution in [3.05, 3.63) is 101 Å². The molecule has 8 heteroatoms. The second-order valence-corrected chi connectivity index (χ2v) is 8.70. The molecule has 35 heavy (non-hydrogen) atoms. The Kier molecular flexibility index (Phi) is 6.36. The molecule has 0 aliphatic rings. The van der Waals surface area contributed by atoms with Gasteiger partial charge in [0.15, 0.2) is 5.69 Å². The Bertz CT molecular complexity index is 1540. The zero-order valence-corrected chi connectivity index (χ0v) is 20.1. The summed E-state index contributed by atoms with van der Waals surface area (Å²) in [6, 6.07) is 27.0. The highest BCUT2D eigenvalue weighted by Crippen LogP contribution is 2.34. The van der Waals surface area contributed by atoms with Crippen LogP contribution in [0.2, 0.25) is 0 Å². The molecule has 174 valence electrons. The van der Waals surface area contributed by atoms with Crippen LogP contribution in [0.3, 0.4) is 0 Å². The molecule has 0 saturated carbocycles. The Morgan fingerprint density at radius 1 is 0.914 bits per heavy atom. The number of ether oxygens (including phenoxy) is 1. The van der Waals surface area contributed by atoms with Gasteiger partial charge >= 0.3 is 5.56 Å². The topological polar surface area (TPSA) is 84.6 Å². The van der Waals surface area contributed by atoms with Gasteiger partial charge in [-0.1, -0.05) is 84.1 Å². The summed E-state index contributed by atoms with van der Waals surface area (Å²) in [6.45, 7) is 4.36. The summed E-state index contributed by atoms with van der Waals surface area (Å²) in [7, 11) is 0. The van der Waals surface area contributed by atoms with E-state index in [0.29, 0.717) is 28.9 Å². The zero-order valence-electron chi connectivity index (χ0n) is 19.3. The number of nitrogens with zero attached hydrogens (tertiary/aromatic N) is 4. The predicted molar refractivity (Wildman–Crippen MR) is 139 cm³/mol. The minimum Gasteiger partial charge on any atom is -0.492 e. The molecule has 7 nitrogen and oxygen atoms in total. The number of azo groups is 1. The first-order valence-electron chi connectivity index (χ1n) is 11.2. The van der Waals surface area contributed by atoms with E-state index in [1.54, 1.807) is 6.07 Å². The van der Waals surface area contributed by atoms with Crippen LogP contribution in [0.25, 0.3) is 26.8 Å². The molecule has 0 bridgehead atoms. The van der Waals surface area contributed by atoms with Crippen molar-refractivity contribution < 1.29 is 4.74 Å². The van der Waals surface area contributed by atoms with Crippen LogP contribution in [0.1, 0.15) is 12.6 Å². The third kappa shape index (κ3) is 4.56. The Morgan fingerprint density at radius 3 is 2.29 bits per heavy atom. The smallest absolute Gasteiger partial charge is 0.301 e. The average Bonchev–Trinajstić information content (AvgIpc) is 3.44. The van der Waals surface area contributed by atoms with E-state index in [9.17, 15) is 4.79 Å². The van der Waals surface area contributed by atoms with E-state index in [0.717, 1.165) is 21.7 Å². The van der Waals surface area contributed by atoms with Crippen LogP contribution in [0.4, 0.5) is 11.4 Å². The fourth-order valence-electron chi connectivity index (χ4n) is 3.72. The predicted octanol–water partition coefficient (Wildman–Crippen LogP) is 7.08.